The van der Waals surface area contributed by atoms with Crippen LogP contribution in [0.5, 0.6) is 0 Å². The number of aryl methyl sites for hydroxylation is 2. The lowest BCUT2D eigenvalue weighted by Crippen LogP contribution is -2.60. The molecule has 0 amide bonds. The first-order valence-corrected chi connectivity index (χ1v) is 18.4. The van der Waals surface area contributed by atoms with Crippen LogP contribution in [0.25, 0.3) is 0 Å². The van der Waals surface area contributed by atoms with E-state index < -0.39 is 32.4 Å². The summed E-state index contributed by atoms with van der Waals surface area (Å²) in [4.78, 5) is 4.88. The highest BCUT2D eigenvalue weighted by Crippen LogP contribution is 2.56. The Labute approximate surface area is 266 Å². The third-order valence-electron chi connectivity index (χ3n) is 9.26. The number of hydrogen-bond acceptors (Lipinski definition) is 6. The van der Waals surface area contributed by atoms with Crippen LogP contribution in [0.15, 0.2) is 107 Å². The van der Waals surface area contributed by atoms with Crippen molar-refractivity contribution in [3.05, 3.63) is 119 Å². The molecule has 2 atom stereocenters. The van der Waals surface area contributed by atoms with Gasteiger partial charge in [0.25, 0.3) is 20.0 Å². The molecule has 0 N–H and O–H groups in total. The zero-order valence-electron chi connectivity index (χ0n) is 25.6. The number of para-hydroxylation sites is 2. The highest BCUT2D eigenvalue weighted by atomic mass is 32.2. The molecule has 3 heterocycles. The Morgan fingerprint density at radius 2 is 0.978 bits per heavy atom. The van der Waals surface area contributed by atoms with Crippen molar-refractivity contribution in [1.29, 1.82) is 0 Å². The number of fused-ring (bicyclic) bond motifs is 6. The van der Waals surface area contributed by atoms with Crippen LogP contribution < -0.4 is 8.61 Å². The molecule has 8 nitrogen and oxygen atoms in total. The van der Waals surface area contributed by atoms with Gasteiger partial charge in [-0.2, -0.15) is 0 Å². The number of piperidine rings is 1. The molecular formula is C35H38N4O4S2. The molecule has 0 saturated carbocycles. The number of benzene rings is 4. The molecule has 0 unspecified atom stereocenters. The van der Waals surface area contributed by atoms with E-state index in [1.54, 1.807) is 36.4 Å². The van der Waals surface area contributed by atoms with Crippen molar-refractivity contribution in [3.8, 4) is 0 Å². The first-order valence-electron chi connectivity index (χ1n) is 15.6. The number of hydrogen-bond donors (Lipinski definition) is 0. The number of nitrogens with zero attached hydrogens (tertiary/aromatic N) is 4. The molecule has 1 fully saturated rings. The van der Waals surface area contributed by atoms with Crippen LogP contribution in [-0.4, -0.2) is 52.8 Å². The van der Waals surface area contributed by atoms with Crippen LogP contribution in [0.2, 0.25) is 0 Å². The van der Waals surface area contributed by atoms with Crippen LogP contribution in [0.4, 0.5) is 11.4 Å². The van der Waals surface area contributed by atoms with Gasteiger partial charge in [-0.25, -0.2) is 25.4 Å². The Hall–Kier alpha value is -3.70. The minimum Gasteiger partial charge on any atom is -0.302 e. The monoisotopic (exact) mass is 642 g/mol. The summed E-state index contributed by atoms with van der Waals surface area (Å²) in [7, 11) is -8.12. The Bertz CT molecular complexity index is 1790. The minimum absolute atomic E-state index is 0.199. The summed E-state index contributed by atoms with van der Waals surface area (Å²) in [5, 5.41) is 0. The van der Waals surface area contributed by atoms with Crippen LogP contribution in [0.1, 0.15) is 53.8 Å². The van der Waals surface area contributed by atoms with E-state index in [-0.39, 0.29) is 9.79 Å². The molecule has 2 bridgehead atoms. The second-order valence-electron chi connectivity index (χ2n) is 12.2. The van der Waals surface area contributed by atoms with Crippen molar-refractivity contribution in [1.82, 2.24) is 9.80 Å². The molecule has 45 heavy (non-hydrogen) atoms. The van der Waals surface area contributed by atoms with Crippen molar-refractivity contribution in [2.45, 2.75) is 55.2 Å². The molecule has 4 aromatic carbocycles. The number of sulfonamides is 2. The van der Waals surface area contributed by atoms with Gasteiger partial charge in [0.2, 0.25) is 0 Å². The molecule has 1 saturated heterocycles. The molecular weight excluding hydrogens is 605 g/mol. The van der Waals surface area contributed by atoms with Gasteiger partial charge >= 0.3 is 0 Å². The van der Waals surface area contributed by atoms with Crippen LogP contribution >= 0.6 is 0 Å². The summed E-state index contributed by atoms with van der Waals surface area (Å²) in [5.74, 6) is 0. The third-order valence-corrected chi connectivity index (χ3v) is 12.8. The van der Waals surface area contributed by atoms with Gasteiger partial charge in [-0.3, -0.25) is 4.90 Å². The maximum atomic E-state index is 14.7. The smallest absolute Gasteiger partial charge is 0.265 e. The Balaban J connectivity index is 1.46. The van der Waals surface area contributed by atoms with Gasteiger partial charge in [-0.15, -0.1) is 0 Å². The summed E-state index contributed by atoms with van der Waals surface area (Å²) < 4.78 is 61.9. The minimum atomic E-state index is -4.06. The molecule has 10 heteroatoms. The van der Waals surface area contributed by atoms with Crippen molar-refractivity contribution in [3.63, 3.8) is 0 Å². The maximum Gasteiger partial charge on any atom is 0.265 e. The fraction of sp³-hybridized carbons (Fsp3) is 0.314. The fourth-order valence-electron chi connectivity index (χ4n) is 6.94. The summed E-state index contributed by atoms with van der Waals surface area (Å²) in [6.45, 7) is 7.01. The average molecular weight is 643 g/mol. The van der Waals surface area contributed by atoms with Gasteiger partial charge in [-0.1, -0.05) is 78.2 Å². The van der Waals surface area contributed by atoms with E-state index in [0.717, 1.165) is 37.1 Å². The molecule has 3 aliphatic heterocycles. The zero-order valence-corrected chi connectivity index (χ0v) is 27.2. The Kier molecular flexibility index (Phi) is 7.72. The molecule has 7 rings (SSSR count). The maximum absolute atomic E-state index is 14.7. The lowest BCUT2D eigenvalue weighted by molar-refractivity contribution is 0.0978. The van der Waals surface area contributed by atoms with Crippen LogP contribution in [0.3, 0.4) is 0 Å². The van der Waals surface area contributed by atoms with Gasteiger partial charge < -0.3 is 4.90 Å². The molecule has 3 aliphatic rings. The first-order chi connectivity index (χ1) is 21.7. The lowest BCUT2D eigenvalue weighted by Gasteiger charge is -2.56. The largest absolute Gasteiger partial charge is 0.302 e. The SMILES string of the molecule is Cc1ccc(S(=O)(=O)N2c3ccccc3[C@H]3N(CCN4CCCCC4)[C@@H]2c2ccccc2N3S(=O)(=O)c2ccc(C)cc2)cc1. The van der Waals surface area contributed by atoms with Crippen molar-refractivity contribution < 1.29 is 16.8 Å². The highest BCUT2D eigenvalue weighted by Gasteiger charge is 2.54. The predicted molar refractivity (Wildman–Crippen MR) is 177 cm³/mol. The molecule has 0 spiro atoms. The summed E-state index contributed by atoms with van der Waals surface area (Å²) >= 11 is 0. The number of anilines is 2. The second kappa shape index (κ2) is 11.6. The molecule has 0 radical (unpaired) electrons. The number of likely N-dealkylation sites (tertiary alicyclic amines) is 1. The molecule has 0 aromatic heterocycles. The van der Waals surface area contributed by atoms with E-state index in [2.05, 4.69) is 9.80 Å². The van der Waals surface area contributed by atoms with E-state index in [9.17, 15) is 16.8 Å². The summed E-state index contributed by atoms with van der Waals surface area (Å²) in [6.07, 6.45) is 1.96. The van der Waals surface area contributed by atoms with Crippen molar-refractivity contribution in [2.24, 2.45) is 0 Å². The second-order valence-corrected chi connectivity index (χ2v) is 15.9. The molecule has 4 aromatic rings. The van der Waals surface area contributed by atoms with Crippen molar-refractivity contribution >= 4 is 31.4 Å². The van der Waals surface area contributed by atoms with Crippen LogP contribution in [0, 0.1) is 13.8 Å². The summed E-state index contributed by atoms with van der Waals surface area (Å²) in [5.41, 5.74) is 4.18. The predicted octanol–water partition coefficient (Wildman–Crippen LogP) is 6.21. The molecule has 0 aliphatic carbocycles. The Morgan fingerprint density at radius 3 is 1.42 bits per heavy atom. The van der Waals surface area contributed by atoms with E-state index in [1.165, 1.54) is 15.0 Å². The topological polar surface area (TPSA) is 81.2 Å². The van der Waals surface area contributed by atoms with Gasteiger partial charge in [0, 0.05) is 24.2 Å². The zero-order chi connectivity index (χ0) is 31.3. The average Bonchev–Trinajstić information content (AvgIpc) is 3.04. The lowest BCUT2D eigenvalue weighted by atomic mass is 9.96. The van der Waals surface area contributed by atoms with Gasteiger partial charge in [-0.05, 0) is 76.2 Å². The first kappa shape index (κ1) is 30.0. The fourth-order valence-corrected chi connectivity index (χ4v) is 10.2. The quantitative estimate of drug-likeness (QED) is 0.239. The third kappa shape index (κ3) is 5.13. The van der Waals surface area contributed by atoms with Gasteiger partial charge in [0.05, 0.1) is 21.2 Å². The standard InChI is InChI=1S/C35H38N4O4S2/c1-26-14-18-28(19-15-26)44(40,41)38-32-12-6-4-10-30(32)35-37(25-24-36-22-8-3-9-23-36)34(38)31-11-5-7-13-33(31)39(35)45(42,43)29-20-16-27(2)17-21-29/h4-7,10-21,34-35H,3,8-9,22-25H2,1-2H3/t34-,35-/m0/s1. The summed E-state index contributed by atoms with van der Waals surface area (Å²) in [6, 6.07) is 28.5. The van der Waals surface area contributed by atoms with Crippen LogP contribution in [-0.2, 0) is 20.0 Å². The number of rotatable bonds is 7. The van der Waals surface area contributed by atoms with Gasteiger partial charge in [0.1, 0.15) is 12.3 Å². The van der Waals surface area contributed by atoms with E-state index >= 15 is 0 Å². The Morgan fingerprint density at radius 1 is 0.556 bits per heavy atom. The van der Waals surface area contributed by atoms with Crippen molar-refractivity contribution in [2.75, 3.05) is 34.8 Å². The highest BCUT2D eigenvalue weighted by molar-refractivity contribution is 7.93. The van der Waals surface area contributed by atoms with E-state index in [0.29, 0.717) is 35.6 Å². The van der Waals surface area contributed by atoms with E-state index in [1.807, 2.05) is 74.5 Å². The van der Waals surface area contributed by atoms with E-state index in [4.69, 9.17) is 0 Å². The molecule has 234 valence electrons. The normalized spacial score (nSPS) is 20.5. The van der Waals surface area contributed by atoms with Gasteiger partial charge in [0.15, 0.2) is 0 Å².